The van der Waals surface area contributed by atoms with Crippen LogP contribution in [-0.4, -0.2) is 26.8 Å². The molecule has 4 rings (SSSR count). The zero-order chi connectivity index (χ0) is 23.6. The Morgan fingerprint density at radius 1 is 1.36 bits per heavy atom. The molecule has 8 nitrogen and oxygen atoms in total. The van der Waals surface area contributed by atoms with E-state index in [-0.39, 0.29) is 16.9 Å². The number of nitrogens with one attached hydrogen (secondary N) is 1. The van der Waals surface area contributed by atoms with Crippen LogP contribution in [0.4, 0.5) is 0 Å². The minimum absolute atomic E-state index is 0.0571. The van der Waals surface area contributed by atoms with Gasteiger partial charge in [0.15, 0.2) is 0 Å². The number of aromatic nitrogens is 2. The average Bonchev–Trinajstić information content (AvgIpc) is 3.63. The van der Waals surface area contributed by atoms with E-state index in [4.69, 9.17) is 15.1 Å². The number of carbonyl (C=O) groups is 1. The Kier molecular flexibility index (Phi) is 6.40. The summed E-state index contributed by atoms with van der Waals surface area (Å²) in [6, 6.07) is 10.6. The third-order valence-corrected chi connectivity index (χ3v) is 7.02. The summed E-state index contributed by atoms with van der Waals surface area (Å²) in [5, 5.41) is 18.3. The van der Waals surface area contributed by atoms with Gasteiger partial charge in [0, 0.05) is 25.2 Å². The summed E-state index contributed by atoms with van der Waals surface area (Å²) < 4.78 is 7.35. The largest absolute Gasteiger partial charge is 0.475 e. The predicted molar refractivity (Wildman–Crippen MR) is 128 cm³/mol. The Bertz CT molecular complexity index is 1310. The molecule has 1 saturated carbocycles. The van der Waals surface area contributed by atoms with Crippen molar-refractivity contribution in [2.75, 3.05) is 6.61 Å². The first-order valence-corrected chi connectivity index (χ1v) is 11.6. The molecule has 0 atom stereocenters. The molecular weight excluding hydrogens is 438 g/mol. The van der Waals surface area contributed by atoms with E-state index in [0.29, 0.717) is 30.0 Å². The number of fused-ring (bicyclic) bond motifs is 1. The molecule has 0 saturated heterocycles. The molecule has 33 heavy (non-hydrogen) atoms. The van der Waals surface area contributed by atoms with Gasteiger partial charge in [-0.15, -0.1) is 0 Å². The second-order valence-corrected chi connectivity index (χ2v) is 9.31. The van der Waals surface area contributed by atoms with Crippen LogP contribution in [0.2, 0.25) is 0 Å². The molecule has 2 aromatic heterocycles. The molecule has 2 heterocycles. The highest BCUT2D eigenvalue weighted by atomic mass is 32.2. The van der Waals surface area contributed by atoms with Crippen LogP contribution < -0.4 is 20.8 Å². The van der Waals surface area contributed by atoms with Gasteiger partial charge in [-0.2, -0.15) is 5.26 Å². The third kappa shape index (κ3) is 4.58. The van der Waals surface area contributed by atoms with Gasteiger partial charge in [-0.3, -0.25) is 14.7 Å². The van der Waals surface area contributed by atoms with Crippen molar-refractivity contribution < 1.29 is 9.53 Å². The number of pyridine rings is 2. The summed E-state index contributed by atoms with van der Waals surface area (Å²) in [4.78, 5) is 30.5. The van der Waals surface area contributed by atoms with Crippen molar-refractivity contribution in [1.29, 1.82) is 5.26 Å². The van der Waals surface area contributed by atoms with Crippen molar-refractivity contribution in [1.82, 2.24) is 14.9 Å². The zero-order valence-corrected chi connectivity index (χ0v) is 19.4. The van der Waals surface area contributed by atoms with E-state index in [1.807, 2.05) is 6.92 Å². The number of nitrogens with two attached hydrogens (primary N) is 1. The van der Waals surface area contributed by atoms with Crippen molar-refractivity contribution in [3.8, 4) is 11.9 Å². The number of carbonyl (C=O) groups excluding carboxylic acids is 1. The van der Waals surface area contributed by atoms with Gasteiger partial charge in [0.25, 0.3) is 11.5 Å². The second kappa shape index (κ2) is 9.25. The molecule has 3 aromatic rings. The number of hydrogen-bond donors (Lipinski definition) is 2. The fourth-order valence-electron chi connectivity index (χ4n) is 3.67. The first kappa shape index (κ1) is 22.8. The number of nitrogens with zero attached hydrogens (tertiary/aromatic N) is 3. The van der Waals surface area contributed by atoms with Crippen molar-refractivity contribution in [2.45, 2.75) is 37.5 Å². The lowest BCUT2D eigenvalue weighted by Crippen LogP contribution is -2.32. The van der Waals surface area contributed by atoms with E-state index in [9.17, 15) is 9.59 Å². The molecule has 0 unspecified atom stereocenters. The van der Waals surface area contributed by atoms with Gasteiger partial charge in [-0.05, 0) is 48.6 Å². The summed E-state index contributed by atoms with van der Waals surface area (Å²) in [7, 11) is 1.63. The maximum absolute atomic E-state index is 13.1. The molecular formula is C24H25N5O3S. The van der Waals surface area contributed by atoms with Crippen LogP contribution in [0.3, 0.4) is 0 Å². The predicted octanol–water partition coefficient (Wildman–Crippen LogP) is 2.82. The number of hydrogen-bond acceptors (Lipinski definition) is 7. The molecule has 1 aliphatic carbocycles. The van der Waals surface area contributed by atoms with Gasteiger partial charge in [-0.25, -0.2) is 4.98 Å². The Morgan fingerprint density at radius 3 is 2.70 bits per heavy atom. The molecule has 0 radical (unpaired) electrons. The van der Waals surface area contributed by atoms with Crippen LogP contribution in [-0.2, 0) is 20.0 Å². The number of amides is 1. The fourth-order valence-corrected chi connectivity index (χ4v) is 4.13. The SMILES string of the molecule is CCc1cnc(OCC2(SN)CC2)c2c1cc(C(=O)NCc1ccc(C#N)cc1)c(=O)n2C. The lowest BCUT2D eigenvalue weighted by atomic mass is 10.1. The van der Waals surface area contributed by atoms with Crippen LogP contribution in [0.1, 0.15) is 46.8 Å². The number of rotatable bonds is 8. The van der Waals surface area contributed by atoms with Gasteiger partial charge >= 0.3 is 0 Å². The monoisotopic (exact) mass is 463 g/mol. The summed E-state index contributed by atoms with van der Waals surface area (Å²) in [6.45, 7) is 2.66. The Morgan fingerprint density at radius 2 is 2.09 bits per heavy atom. The van der Waals surface area contributed by atoms with E-state index < -0.39 is 11.5 Å². The minimum Gasteiger partial charge on any atom is -0.475 e. The molecule has 1 fully saturated rings. The Hall–Kier alpha value is -3.35. The molecule has 3 N–H and O–H groups in total. The number of aryl methyl sites for hydroxylation is 2. The van der Waals surface area contributed by atoms with Crippen molar-refractivity contribution in [3.05, 3.63) is 69.1 Å². The van der Waals surface area contributed by atoms with Crippen LogP contribution in [0.25, 0.3) is 10.9 Å². The lowest BCUT2D eigenvalue weighted by Gasteiger charge is -2.17. The van der Waals surface area contributed by atoms with Gasteiger partial charge in [0.1, 0.15) is 17.7 Å². The maximum atomic E-state index is 13.1. The van der Waals surface area contributed by atoms with Crippen molar-refractivity contribution in [3.63, 3.8) is 0 Å². The lowest BCUT2D eigenvalue weighted by molar-refractivity contribution is 0.0949. The zero-order valence-electron chi connectivity index (χ0n) is 18.6. The summed E-state index contributed by atoms with van der Waals surface area (Å²) in [5.74, 6) is -0.0914. The highest BCUT2D eigenvalue weighted by Crippen LogP contribution is 2.46. The fraction of sp³-hybridized carbons (Fsp3) is 0.333. The summed E-state index contributed by atoms with van der Waals surface area (Å²) in [5.41, 5.74) is 2.51. The van der Waals surface area contributed by atoms with Crippen molar-refractivity contribution in [2.24, 2.45) is 12.2 Å². The quantitative estimate of drug-likeness (QED) is 0.492. The van der Waals surface area contributed by atoms with Crippen LogP contribution >= 0.6 is 11.9 Å². The van der Waals surface area contributed by atoms with E-state index in [1.165, 1.54) is 16.5 Å². The first-order valence-electron chi connectivity index (χ1n) is 10.7. The maximum Gasteiger partial charge on any atom is 0.263 e. The molecule has 1 aliphatic rings. The summed E-state index contributed by atoms with van der Waals surface area (Å²) >= 11 is 1.30. The molecule has 1 aromatic carbocycles. The third-order valence-electron chi connectivity index (χ3n) is 5.99. The van der Waals surface area contributed by atoms with Gasteiger partial charge < -0.3 is 14.6 Å². The first-order chi connectivity index (χ1) is 15.9. The topological polar surface area (TPSA) is 123 Å². The molecule has 0 spiro atoms. The standard InChI is InChI=1S/C24H25N5O3S/c1-3-17-13-28-22(32-14-24(33-26)8-9-24)20-18(17)10-19(23(31)29(20)2)21(30)27-12-16-6-4-15(11-25)5-7-16/h4-7,10,13H,3,8-9,12,14,26H2,1-2H3,(H,27,30). The van der Waals surface area contributed by atoms with Gasteiger partial charge in [-0.1, -0.05) is 31.0 Å². The average molecular weight is 464 g/mol. The molecule has 1 amide bonds. The molecule has 0 bridgehead atoms. The van der Waals surface area contributed by atoms with E-state index in [2.05, 4.69) is 16.4 Å². The van der Waals surface area contributed by atoms with E-state index in [1.54, 1.807) is 43.6 Å². The number of ether oxygens (including phenoxy) is 1. The smallest absolute Gasteiger partial charge is 0.263 e. The van der Waals surface area contributed by atoms with Crippen molar-refractivity contribution >= 4 is 28.8 Å². The highest BCUT2D eigenvalue weighted by molar-refractivity contribution is 7.98. The van der Waals surface area contributed by atoms with Crippen LogP contribution in [0, 0.1) is 11.3 Å². The Balaban J connectivity index is 1.64. The normalized spacial score (nSPS) is 14.0. The molecule has 0 aliphatic heterocycles. The second-order valence-electron chi connectivity index (χ2n) is 8.21. The highest BCUT2D eigenvalue weighted by Gasteiger charge is 2.44. The van der Waals surface area contributed by atoms with Gasteiger partial charge in [0.05, 0.1) is 16.4 Å². The number of nitriles is 1. The number of benzene rings is 1. The molecule has 9 heteroatoms. The van der Waals surface area contributed by atoms with Gasteiger partial charge in [0.2, 0.25) is 5.88 Å². The Labute approximate surface area is 195 Å². The van der Waals surface area contributed by atoms with E-state index in [0.717, 1.165) is 29.4 Å². The minimum atomic E-state index is -0.459. The van der Waals surface area contributed by atoms with Crippen LogP contribution in [0.15, 0.2) is 41.3 Å². The summed E-state index contributed by atoms with van der Waals surface area (Å²) in [6.07, 6.45) is 4.40. The molecule has 170 valence electrons. The van der Waals surface area contributed by atoms with E-state index >= 15 is 0 Å². The van der Waals surface area contributed by atoms with Crippen LogP contribution in [0.5, 0.6) is 5.88 Å².